The molecule has 254 valence electrons. The summed E-state index contributed by atoms with van der Waals surface area (Å²) >= 11 is 0. The molecular formula is C37H46O10. The van der Waals surface area contributed by atoms with Crippen molar-refractivity contribution in [3.63, 3.8) is 0 Å². The number of carbonyl (C=O) groups excluding carboxylic acids is 1. The van der Waals surface area contributed by atoms with Gasteiger partial charge in [0.05, 0.1) is 17.8 Å². The molecule has 3 saturated heterocycles. The maximum atomic E-state index is 13.8. The normalized spacial score (nSPS) is 47.4. The maximum Gasteiger partial charge on any atom is 0.338 e. The van der Waals surface area contributed by atoms with Gasteiger partial charge < -0.3 is 44.1 Å². The highest BCUT2D eigenvalue weighted by molar-refractivity contribution is 5.89. The van der Waals surface area contributed by atoms with Gasteiger partial charge in [-0.25, -0.2) is 4.79 Å². The van der Waals surface area contributed by atoms with Crippen LogP contribution in [-0.2, 0) is 23.7 Å². The minimum atomic E-state index is -2.22. The number of fused-ring (bicyclic) bond motifs is 3. The zero-order chi connectivity index (χ0) is 33.6. The number of epoxide rings is 1. The molecule has 3 aliphatic carbocycles. The van der Waals surface area contributed by atoms with Gasteiger partial charge in [0.25, 0.3) is 0 Å². The molecule has 47 heavy (non-hydrogen) atoms. The number of aliphatic hydroxyl groups excluding tert-OH is 3. The number of rotatable bonds is 10. The molecule has 13 atom stereocenters. The van der Waals surface area contributed by atoms with E-state index in [1.165, 1.54) is 0 Å². The highest BCUT2D eigenvalue weighted by Gasteiger charge is 2.90. The quantitative estimate of drug-likeness (QED) is 0.0976. The molecule has 2 saturated carbocycles. The second-order valence-corrected chi connectivity index (χ2v) is 14.3. The number of esters is 1. The molecule has 7 rings (SSSR count). The van der Waals surface area contributed by atoms with Gasteiger partial charge in [0.15, 0.2) is 5.60 Å². The third-order valence-corrected chi connectivity index (χ3v) is 11.7. The molecule has 3 bridgehead atoms. The lowest BCUT2D eigenvalue weighted by molar-refractivity contribution is -0.410. The molecule has 0 amide bonds. The summed E-state index contributed by atoms with van der Waals surface area (Å²) in [7, 11) is 0. The van der Waals surface area contributed by atoms with Gasteiger partial charge in [0.2, 0.25) is 0 Å². The van der Waals surface area contributed by atoms with E-state index < -0.39 is 89.2 Å². The molecule has 10 heteroatoms. The van der Waals surface area contributed by atoms with Crippen LogP contribution in [0.3, 0.4) is 0 Å². The molecule has 1 aromatic carbocycles. The van der Waals surface area contributed by atoms with Crippen molar-refractivity contribution in [3.8, 4) is 0 Å². The summed E-state index contributed by atoms with van der Waals surface area (Å²) < 4.78 is 33.4. The van der Waals surface area contributed by atoms with Crippen LogP contribution in [0.2, 0.25) is 0 Å². The third-order valence-electron chi connectivity index (χ3n) is 11.7. The van der Waals surface area contributed by atoms with Crippen LogP contribution in [0.15, 0.2) is 78.4 Å². The Morgan fingerprint density at radius 3 is 2.51 bits per heavy atom. The fraction of sp³-hybridized carbons (Fsp3) is 0.595. The van der Waals surface area contributed by atoms with Gasteiger partial charge in [-0.05, 0) is 50.0 Å². The topological polar surface area (TPSA) is 147 Å². The van der Waals surface area contributed by atoms with Crippen LogP contribution in [0.25, 0.3) is 0 Å². The fourth-order valence-electron chi connectivity index (χ4n) is 9.42. The van der Waals surface area contributed by atoms with Crippen LogP contribution in [-0.4, -0.2) is 91.9 Å². The average molecular weight is 651 g/mol. The molecule has 10 nitrogen and oxygen atoms in total. The first-order chi connectivity index (χ1) is 22.4. The summed E-state index contributed by atoms with van der Waals surface area (Å²) in [4.78, 5) is 13.8. The smallest absolute Gasteiger partial charge is 0.338 e. The lowest BCUT2D eigenvalue weighted by atomic mass is 9.53. The Hall–Kier alpha value is -2.67. The molecule has 1 aromatic rings. The first kappa shape index (κ1) is 32.9. The second-order valence-electron chi connectivity index (χ2n) is 14.3. The zero-order valence-corrected chi connectivity index (χ0v) is 27.4. The van der Waals surface area contributed by atoms with Crippen molar-refractivity contribution in [3.05, 3.63) is 84.0 Å². The van der Waals surface area contributed by atoms with Crippen molar-refractivity contribution < 1.29 is 48.9 Å². The molecular weight excluding hydrogens is 604 g/mol. The van der Waals surface area contributed by atoms with E-state index in [1.54, 1.807) is 62.4 Å². The minimum Gasteiger partial charge on any atom is -0.455 e. The molecule has 4 N–H and O–H groups in total. The van der Waals surface area contributed by atoms with Crippen LogP contribution in [0.4, 0.5) is 0 Å². The summed E-state index contributed by atoms with van der Waals surface area (Å²) in [6.07, 6.45) is 7.42. The van der Waals surface area contributed by atoms with Crippen molar-refractivity contribution in [2.45, 2.75) is 112 Å². The number of hydrogen-bond donors (Lipinski definition) is 4. The summed E-state index contributed by atoms with van der Waals surface area (Å²) in [5.41, 5.74) is -5.45. The van der Waals surface area contributed by atoms with Crippen LogP contribution < -0.4 is 0 Å². The van der Waals surface area contributed by atoms with E-state index in [2.05, 4.69) is 19.6 Å². The van der Waals surface area contributed by atoms with E-state index in [9.17, 15) is 25.2 Å². The summed E-state index contributed by atoms with van der Waals surface area (Å²) in [5, 5.41) is 46.6. The van der Waals surface area contributed by atoms with Crippen molar-refractivity contribution >= 4 is 5.97 Å². The van der Waals surface area contributed by atoms with Crippen LogP contribution >= 0.6 is 0 Å². The van der Waals surface area contributed by atoms with Gasteiger partial charge in [-0.2, -0.15) is 0 Å². The number of unbranched alkanes of at least 4 members (excludes halogenated alkanes) is 3. The molecule has 0 aromatic heterocycles. The van der Waals surface area contributed by atoms with Gasteiger partial charge in [-0.15, -0.1) is 0 Å². The van der Waals surface area contributed by atoms with Gasteiger partial charge >= 0.3 is 11.9 Å². The Labute approximate surface area is 275 Å². The Bertz CT molecular complexity index is 1520. The Morgan fingerprint density at radius 2 is 1.83 bits per heavy atom. The molecule has 6 aliphatic rings. The van der Waals surface area contributed by atoms with Gasteiger partial charge in [-0.3, -0.25) is 0 Å². The second kappa shape index (κ2) is 11.2. The van der Waals surface area contributed by atoms with E-state index in [0.717, 1.165) is 25.7 Å². The molecule has 0 radical (unpaired) electrons. The number of ether oxygens (including phenoxy) is 5. The largest absolute Gasteiger partial charge is 0.455 e. The summed E-state index contributed by atoms with van der Waals surface area (Å²) in [6.45, 7) is 11.2. The zero-order valence-electron chi connectivity index (χ0n) is 27.4. The number of carbonyl (C=O) groups is 1. The first-order valence-corrected chi connectivity index (χ1v) is 16.8. The van der Waals surface area contributed by atoms with E-state index in [-0.39, 0.29) is 0 Å². The Kier molecular flexibility index (Phi) is 7.82. The van der Waals surface area contributed by atoms with E-state index in [4.69, 9.17) is 23.7 Å². The fourth-order valence-corrected chi connectivity index (χ4v) is 9.42. The molecule has 0 spiro atoms. The predicted molar refractivity (Wildman–Crippen MR) is 170 cm³/mol. The highest BCUT2D eigenvalue weighted by Crippen LogP contribution is 2.73. The van der Waals surface area contributed by atoms with Crippen LogP contribution in [0.5, 0.6) is 0 Å². The van der Waals surface area contributed by atoms with Crippen LogP contribution in [0, 0.1) is 17.8 Å². The lowest BCUT2D eigenvalue weighted by Crippen LogP contribution is -2.76. The number of aliphatic hydroxyl groups is 4. The maximum absolute atomic E-state index is 13.8. The van der Waals surface area contributed by atoms with E-state index >= 15 is 0 Å². The van der Waals surface area contributed by atoms with Crippen molar-refractivity contribution in [2.75, 3.05) is 6.61 Å². The number of hydrogen-bond acceptors (Lipinski definition) is 10. The minimum absolute atomic E-state index is 0.340. The lowest BCUT2D eigenvalue weighted by Gasteiger charge is -2.61. The van der Waals surface area contributed by atoms with Gasteiger partial charge in [-0.1, -0.05) is 75.8 Å². The molecule has 3 aliphatic heterocycles. The third kappa shape index (κ3) is 4.23. The average Bonchev–Trinajstić information content (AvgIpc) is 3.69. The van der Waals surface area contributed by atoms with Crippen molar-refractivity contribution in [2.24, 2.45) is 17.8 Å². The molecule has 3 heterocycles. The van der Waals surface area contributed by atoms with Crippen molar-refractivity contribution in [1.29, 1.82) is 0 Å². The molecule has 2 unspecified atom stereocenters. The van der Waals surface area contributed by atoms with Gasteiger partial charge in [0, 0.05) is 23.8 Å². The summed E-state index contributed by atoms with van der Waals surface area (Å²) in [5.74, 6) is -4.90. The monoisotopic (exact) mass is 650 g/mol. The Balaban J connectivity index is 1.41. The summed E-state index contributed by atoms with van der Waals surface area (Å²) in [6, 6.07) is 8.62. The van der Waals surface area contributed by atoms with Crippen LogP contribution in [0.1, 0.15) is 63.7 Å². The standard InChI is InChI=1S/C37H46O10/c1-6-7-8-9-10-11-15-18-34-45-30-26-29-33(20-38,44-29)32(41)35(42)25(19-22(4)27(35)39)37(26,47-34)23(5)28(36(30,46-34)21(2)3)43-31(40)24-16-13-12-14-17-24/h10-19,23,25-30,32,38-39,41-42H,2,6-9,20H2,1,3-5H3/b11-10+,18-15+/t23-,25-,26+,27?,28-,29+,30-,32-,33+,34?,35-,36+,37+/m1/s1. The van der Waals surface area contributed by atoms with E-state index in [1.807, 2.05) is 13.0 Å². The predicted octanol–water partition coefficient (Wildman–Crippen LogP) is 3.50. The molecule has 5 fully saturated rings. The number of benzene rings is 1. The Morgan fingerprint density at radius 1 is 1.09 bits per heavy atom. The number of allylic oxidation sites excluding steroid dienone is 3. The SMILES string of the molecule is C=C(C)[C@@]12OC3(/C=C/C=C/CCCCC)O[C@@H]1[C@@H]1[C@@H]4O[C@]4(CO)[C@@H](O)[C@]4(O)C(O)C(C)=C[C@H]4[C@@]1(O3)[C@H](C)[C@H]2OC(=O)c1ccccc1. The highest BCUT2D eigenvalue weighted by atomic mass is 16.9. The van der Waals surface area contributed by atoms with Gasteiger partial charge in [0.1, 0.15) is 41.7 Å². The van der Waals surface area contributed by atoms with Crippen molar-refractivity contribution in [1.82, 2.24) is 0 Å². The van der Waals surface area contributed by atoms with E-state index in [0.29, 0.717) is 16.7 Å². The first-order valence-electron chi connectivity index (χ1n) is 16.8.